The van der Waals surface area contributed by atoms with Crippen LogP contribution in [-0.4, -0.2) is 10.9 Å². The van der Waals surface area contributed by atoms with E-state index in [0.29, 0.717) is 22.2 Å². The van der Waals surface area contributed by atoms with E-state index in [1.54, 1.807) is 18.2 Å². The van der Waals surface area contributed by atoms with E-state index in [9.17, 15) is 4.79 Å². The van der Waals surface area contributed by atoms with Gasteiger partial charge in [-0.15, -0.1) is 0 Å². The molecule has 0 unspecified atom stereocenters. The Bertz CT molecular complexity index is 648. The topological polar surface area (TPSA) is 94.0 Å². The number of primary amides is 1. The SMILES string of the molecule is NC(=O)c1cc(N)cnc1Nc1ccc(Cl)cc1Br. The molecule has 5 N–H and O–H groups in total. The summed E-state index contributed by atoms with van der Waals surface area (Å²) in [5, 5.41) is 3.60. The van der Waals surface area contributed by atoms with E-state index < -0.39 is 5.91 Å². The van der Waals surface area contributed by atoms with Crippen LogP contribution in [0.3, 0.4) is 0 Å². The summed E-state index contributed by atoms with van der Waals surface area (Å²) < 4.78 is 0.744. The highest BCUT2D eigenvalue weighted by molar-refractivity contribution is 9.10. The monoisotopic (exact) mass is 340 g/mol. The summed E-state index contributed by atoms with van der Waals surface area (Å²) in [5.41, 5.74) is 12.2. The van der Waals surface area contributed by atoms with Gasteiger partial charge in [-0.2, -0.15) is 0 Å². The average Bonchev–Trinajstić information content (AvgIpc) is 2.34. The molecule has 0 saturated carbocycles. The fourth-order valence-electron chi connectivity index (χ4n) is 1.49. The van der Waals surface area contributed by atoms with E-state index in [4.69, 9.17) is 23.1 Å². The third-order valence-corrected chi connectivity index (χ3v) is 3.25. The Kier molecular flexibility index (Phi) is 3.92. The van der Waals surface area contributed by atoms with Crippen molar-refractivity contribution in [2.45, 2.75) is 0 Å². The molecule has 2 rings (SSSR count). The van der Waals surface area contributed by atoms with Crippen molar-refractivity contribution in [3.63, 3.8) is 0 Å². The molecule has 0 saturated heterocycles. The van der Waals surface area contributed by atoms with Crippen LogP contribution in [0.2, 0.25) is 5.02 Å². The lowest BCUT2D eigenvalue weighted by Gasteiger charge is -2.11. The molecule has 98 valence electrons. The molecule has 0 atom stereocenters. The van der Waals surface area contributed by atoms with Gasteiger partial charge in [0.05, 0.1) is 23.1 Å². The van der Waals surface area contributed by atoms with Gasteiger partial charge in [0.2, 0.25) is 0 Å². The van der Waals surface area contributed by atoms with Gasteiger partial charge in [0.1, 0.15) is 5.82 Å². The van der Waals surface area contributed by atoms with Crippen molar-refractivity contribution in [3.05, 3.63) is 45.5 Å². The van der Waals surface area contributed by atoms with Crippen molar-refractivity contribution in [2.75, 3.05) is 11.1 Å². The number of aromatic nitrogens is 1. The lowest BCUT2D eigenvalue weighted by atomic mass is 10.2. The molecule has 0 aliphatic heterocycles. The number of nitrogens with one attached hydrogen (secondary N) is 1. The fourth-order valence-corrected chi connectivity index (χ4v) is 2.27. The Morgan fingerprint density at radius 3 is 2.74 bits per heavy atom. The summed E-state index contributed by atoms with van der Waals surface area (Å²) in [6.45, 7) is 0. The second kappa shape index (κ2) is 5.46. The van der Waals surface area contributed by atoms with Gasteiger partial charge in [-0.05, 0) is 40.2 Å². The molecular weight excluding hydrogens is 332 g/mol. The lowest BCUT2D eigenvalue weighted by Crippen LogP contribution is -2.15. The first-order chi connectivity index (χ1) is 8.97. The van der Waals surface area contributed by atoms with Gasteiger partial charge in [-0.25, -0.2) is 4.98 Å². The van der Waals surface area contributed by atoms with Crippen molar-refractivity contribution in [1.29, 1.82) is 0 Å². The Morgan fingerprint density at radius 1 is 1.37 bits per heavy atom. The molecule has 0 aliphatic rings. The molecule has 0 spiro atoms. The van der Waals surface area contributed by atoms with Crippen LogP contribution in [0.1, 0.15) is 10.4 Å². The molecule has 1 amide bonds. The minimum Gasteiger partial charge on any atom is -0.397 e. The zero-order chi connectivity index (χ0) is 14.0. The molecule has 0 aliphatic carbocycles. The molecule has 0 bridgehead atoms. The number of hydrogen-bond acceptors (Lipinski definition) is 4. The third-order valence-electron chi connectivity index (χ3n) is 2.36. The molecule has 1 aromatic carbocycles. The van der Waals surface area contributed by atoms with E-state index in [2.05, 4.69) is 26.2 Å². The van der Waals surface area contributed by atoms with Crippen LogP contribution in [0.4, 0.5) is 17.2 Å². The predicted octanol–water partition coefficient (Wildman–Crippen LogP) is 2.92. The van der Waals surface area contributed by atoms with Crippen LogP contribution in [0.5, 0.6) is 0 Å². The Labute approximate surface area is 123 Å². The number of rotatable bonds is 3. The van der Waals surface area contributed by atoms with Gasteiger partial charge in [0.15, 0.2) is 0 Å². The largest absolute Gasteiger partial charge is 0.397 e. The third kappa shape index (κ3) is 3.15. The molecule has 5 nitrogen and oxygen atoms in total. The number of hydrogen-bond donors (Lipinski definition) is 3. The van der Waals surface area contributed by atoms with Crippen molar-refractivity contribution < 1.29 is 4.79 Å². The minimum absolute atomic E-state index is 0.224. The fraction of sp³-hybridized carbons (Fsp3) is 0. The van der Waals surface area contributed by atoms with Crippen molar-refractivity contribution >= 4 is 50.6 Å². The standard InChI is InChI=1S/C12H10BrClN4O/c13-9-3-6(14)1-2-10(9)18-12-8(11(16)19)4-7(15)5-17-12/h1-5H,15H2,(H2,16,19)(H,17,18). The maximum atomic E-state index is 11.4. The summed E-state index contributed by atoms with van der Waals surface area (Å²) in [4.78, 5) is 15.4. The summed E-state index contributed by atoms with van der Waals surface area (Å²) in [7, 11) is 0. The lowest BCUT2D eigenvalue weighted by molar-refractivity contribution is 0.100. The molecular formula is C12H10BrClN4O. The molecule has 2 aromatic rings. The number of nitrogens with two attached hydrogens (primary N) is 2. The molecule has 1 heterocycles. The number of pyridine rings is 1. The van der Waals surface area contributed by atoms with E-state index in [1.807, 2.05) is 0 Å². The maximum Gasteiger partial charge on any atom is 0.252 e. The first-order valence-corrected chi connectivity index (χ1v) is 6.42. The van der Waals surface area contributed by atoms with Crippen LogP contribution in [0.15, 0.2) is 34.9 Å². The molecule has 0 fully saturated rings. The van der Waals surface area contributed by atoms with Crippen LogP contribution < -0.4 is 16.8 Å². The number of anilines is 3. The van der Waals surface area contributed by atoms with E-state index >= 15 is 0 Å². The zero-order valence-electron chi connectivity index (χ0n) is 9.65. The first-order valence-electron chi connectivity index (χ1n) is 5.25. The highest BCUT2D eigenvalue weighted by Gasteiger charge is 2.11. The number of nitrogen functional groups attached to an aromatic ring is 1. The van der Waals surface area contributed by atoms with Crippen LogP contribution in [0, 0.1) is 0 Å². The molecule has 19 heavy (non-hydrogen) atoms. The molecule has 7 heteroatoms. The number of halogens is 2. The zero-order valence-corrected chi connectivity index (χ0v) is 12.0. The summed E-state index contributed by atoms with van der Waals surface area (Å²) in [5.74, 6) is -0.267. The Hall–Kier alpha value is -1.79. The van der Waals surface area contributed by atoms with Crippen molar-refractivity contribution in [2.24, 2.45) is 5.73 Å². The smallest absolute Gasteiger partial charge is 0.252 e. The number of amides is 1. The molecule has 1 aromatic heterocycles. The van der Waals surface area contributed by atoms with Crippen molar-refractivity contribution in [3.8, 4) is 0 Å². The summed E-state index contributed by atoms with van der Waals surface area (Å²) in [6, 6.07) is 6.68. The van der Waals surface area contributed by atoms with Gasteiger partial charge in [0, 0.05) is 9.50 Å². The second-order valence-corrected chi connectivity index (χ2v) is 5.07. The van der Waals surface area contributed by atoms with Crippen LogP contribution in [-0.2, 0) is 0 Å². The number of carbonyl (C=O) groups is 1. The van der Waals surface area contributed by atoms with Gasteiger partial charge in [0.25, 0.3) is 5.91 Å². The van der Waals surface area contributed by atoms with Crippen LogP contribution in [0.25, 0.3) is 0 Å². The number of nitrogens with zero attached hydrogens (tertiary/aromatic N) is 1. The maximum absolute atomic E-state index is 11.4. The predicted molar refractivity (Wildman–Crippen MR) is 79.6 cm³/mol. The molecule has 0 radical (unpaired) electrons. The van der Waals surface area contributed by atoms with E-state index in [0.717, 1.165) is 4.47 Å². The van der Waals surface area contributed by atoms with Gasteiger partial charge < -0.3 is 16.8 Å². The van der Waals surface area contributed by atoms with E-state index in [-0.39, 0.29) is 5.56 Å². The Balaban J connectivity index is 2.40. The second-order valence-electron chi connectivity index (χ2n) is 3.78. The summed E-state index contributed by atoms with van der Waals surface area (Å²) in [6.07, 6.45) is 1.44. The van der Waals surface area contributed by atoms with Gasteiger partial charge >= 0.3 is 0 Å². The highest BCUT2D eigenvalue weighted by Crippen LogP contribution is 2.29. The summed E-state index contributed by atoms with van der Waals surface area (Å²) >= 11 is 9.22. The van der Waals surface area contributed by atoms with Gasteiger partial charge in [-0.1, -0.05) is 11.6 Å². The highest BCUT2D eigenvalue weighted by atomic mass is 79.9. The Morgan fingerprint density at radius 2 is 2.11 bits per heavy atom. The van der Waals surface area contributed by atoms with Crippen LogP contribution >= 0.6 is 27.5 Å². The van der Waals surface area contributed by atoms with Crippen molar-refractivity contribution in [1.82, 2.24) is 4.98 Å². The van der Waals surface area contributed by atoms with E-state index in [1.165, 1.54) is 12.3 Å². The minimum atomic E-state index is -0.604. The number of benzene rings is 1. The quantitative estimate of drug-likeness (QED) is 0.800. The van der Waals surface area contributed by atoms with Gasteiger partial charge in [-0.3, -0.25) is 4.79 Å². The average molecular weight is 342 g/mol. The first kappa shape index (κ1) is 13.6. The number of carbonyl (C=O) groups excluding carboxylic acids is 1. The normalized spacial score (nSPS) is 10.2.